The highest BCUT2D eigenvalue weighted by Gasteiger charge is 2.34. The van der Waals surface area contributed by atoms with E-state index in [4.69, 9.17) is 0 Å². The van der Waals surface area contributed by atoms with Crippen molar-refractivity contribution >= 4 is 22.0 Å². The fourth-order valence-corrected chi connectivity index (χ4v) is 2.85. The lowest BCUT2D eigenvalue weighted by molar-refractivity contribution is 0.0729. The lowest BCUT2D eigenvalue weighted by atomic mass is 10.1. The molecule has 0 bridgehead atoms. The summed E-state index contributed by atoms with van der Waals surface area (Å²) in [6.45, 7) is 1.67. The lowest BCUT2D eigenvalue weighted by Crippen LogP contribution is -2.47. The van der Waals surface area contributed by atoms with Crippen LogP contribution in [0.25, 0.3) is 0 Å². The van der Waals surface area contributed by atoms with Gasteiger partial charge in [-0.2, -0.15) is 12.7 Å². The van der Waals surface area contributed by atoms with Gasteiger partial charge in [0, 0.05) is 18.2 Å². The summed E-state index contributed by atoms with van der Waals surface area (Å²) in [5.74, 6) is -1.81. The van der Waals surface area contributed by atoms with Gasteiger partial charge in [0.05, 0.1) is 0 Å². The summed E-state index contributed by atoms with van der Waals surface area (Å²) in [4.78, 5) is 25.2. The van der Waals surface area contributed by atoms with Crippen LogP contribution >= 0.6 is 0 Å². The molecule has 2 rings (SSSR count). The summed E-state index contributed by atoms with van der Waals surface area (Å²) < 4.78 is 26.7. The average molecular weight is 332 g/mol. The van der Waals surface area contributed by atoms with Gasteiger partial charge in [-0.1, -0.05) is 36.4 Å². The monoisotopic (exact) mass is 332 g/mol. The van der Waals surface area contributed by atoms with Crippen molar-refractivity contribution in [3.63, 3.8) is 0 Å². The molecule has 0 atom stereocenters. The summed E-state index contributed by atoms with van der Waals surface area (Å²) in [5.41, 5.74) is 0.832. The molecular formula is C16H16N2O4S. The summed E-state index contributed by atoms with van der Waals surface area (Å²) in [6, 6.07) is 14.3. The predicted octanol–water partition coefficient (Wildman–Crippen LogP) is 1.74. The van der Waals surface area contributed by atoms with Crippen molar-refractivity contribution in [2.75, 3.05) is 7.05 Å². The normalized spacial score (nSPS) is 11.0. The van der Waals surface area contributed by atoms with Crippen molar-refractivity contribution in [3.05, 3.63) is 71.3 Å². The molecule has 1 N–H and O–H groups in total. The van der Waals surface area contributed by atoms with Crippen LogP contribution in [0.15, 0.2) is 54.6 Å². The molecule has 0 fully saturated rings. The molecule has 0 saturated carbocycles. The Morgan fingerprint density at radius 3 is 2.04 bits per heavy atom. The molecule has 0 heterocycles. The molecule has 0 aromatic heterocycles. The number of imide groups is 1. The highest BCUT2D eigenvalue weighted by Crippen LogP contribution is 2.16. The minimum atomic E-state index is -4.29. The zero-order valence-corrected chi connectivity index (χ0v) is 13.5. The maximum absolute atomic E-state index is 12.7. The van der Waals surface area contributed by atoms with E-state index in [9.17, 15) is 18.0 Å². The van der Waals surface area contributed by atoms with Gasteiger partial charge in [-0.15, -0.1) is 0 Å². The molecule has 2 aromatic rings. The van der Waals surface area contributed by atoms with Gasteiger partial charge in [0.25, 0.3) is 11.8 Å². The van der Waals surface area contributed by atoms with Crippen LogP contribution in [0.5, 0.6) is 0 Å². The van der Waals surface area contributed by atoms with Crippen LogP contribution in [-0.4, -0.2) is 31.6 Å². The van der Waals surface area contributed by atoms with E-state index >= 15 is 0 Å². The molecule has 7 heteroatoms. The van der Waals surface area contributed by atoms with Gasteiger partial charge in [0.2, 0.25) is 0 Å². The Balaban J connectivity index is 2.54. The van der Waals surface area contributed by atoms with Gasteiger partial charge in [0.15, 0.2) is 0 Å². The molecule has 2 amide bonds. The maximum atomic E-state index is 12.7. The van der Waals surface area contributed by atoms with Gasteiger partial charge in [-0.3, -0.25) is 9.59 Å². The van der Waals surface area contributed by atoms with Crippen molar-refractivity contribution < 1.29 is 18.0 Å². The largest absolute Gasteiger partial charge is 0.310 e. The van der Waals surface area contributed by atoms with Crippen LogP contribution in [0.1, 0.15) is 26.3 Å². The number of hydrogen-bond donors (Lipinski definition) is 1. The minimum absolute atomic E-state index is 0.105. The molecule has 0 saturated heterocycles. The van der Waals surface area contributed by atoms with E-state index in [2.05, 4.69) is 0 Å². The average Bonchev–Trinajstić information content (AvgIpc) is 2.55. The molecule has 23 heavy (non-hydrogen) atoms. The van der Waals surface area contributed by atoms with Crippen molar-refractivity contribution in [3.8, 4) is 0 Å². The number of carbonyl (C=O) groups excluding carboxylic acids is 2. The highest BCUT2D eigenvalue weighted by atomic mass is 32.2. The first-order valence-corrected chi connectivity index (χ1v) is 8.25. The molecule has 0 aliphatic heterocycles. The van der Waals surface area contributed by atoms with Crippen molar-refractivity contribution in [1.29, 1.82) is 0 Å². The van der Waals surface area contributed by atoms with Gasteiger partial charge in [0.1, 0.15) is 0 Å². The maximum Gasteiger partial charge on any atom is 0.310 e. The zero-order valence-electron chi connectivity index (χ0n) is 12.7. The number of aryl methyl sites for hydroxylation is 1. The summed E-state index contributed by atoms with van der Waals surface area (Å²) in [5, 5.41) is 0. The molecule has 0 spiro atoms. The second kappa shape index (κ2) is 6.72. The third-order valence-corrected chi connectivity index (χ3v) is 4.59. The van der Waals surface area contributed by atoms with Gasteiger partial charge in [-0.05, 0) is 30.7 Å². The number of carbonyl (C=O) groups is 2. The SMILES string of the molecule is CNS(=O)(=O)N(C(=O)c1ccccc1)C(=O)c1ccccc1C. The molecule has 0 aliphatic carbocycles. The molecule has 120 valence electrons. The van der Waals surface area contributed by atoms with E-state index in [1.165, 1.54) is 18.2 Å². The first-order valence-electron chi connectivity index (χ1n) is 6.81. The number of amides is 2. The molecule has 2 aromatic carbocycles. The first-order chi connectivity index (χ1) is 10.9. The van der Waals surface area contributed by atoms with Crippen molar-refractivity contribution in [2.45, 2.75) is 6.92 Å². The third-order valence-electron chi connectivity index (χ3n) is 3.26. The summed E-state index contributed by atoms with van der Waals surface area (Å²) in [7, 11) is -3.14. The number of nitrogens with one attached hydrogen (secondary N) is 1. The summed E-state index contributed by atoms with van der Waals surface area (Å²) >= 11 is 0. The van der Waals surface area contributed by atoms with E-state index < -0.39 is 22.0 Å². The Hall–Kier alpha value is -2.51. The second-order valence-electron chi connectivity index (χ2n) is 4.76. The van der Waals surface area contributed by atoms with Crippen LogP contribution in [0.4, 0.5) is 0 Å². The van der Waals surface area contributed by atoms with Crippen LogP contribution in [0.3, 0.4) is 0 Å². The number of nitrogens with zero attached hydrogens (tertiary/aromatic N) is 1. The van der Waals surface area contributed by atoms with Crippen LogP contribution in [-0.2, 0) is 10.2 Å². The van der Waals surface area contributed by atoms with Gasteiger partial charge >= 0.3 is 10.2 Å². The Kier molecular flexibility index (Phi) is 4.92. The topological polar surface area (TPSA) is 83.6 Å². The Morgan fingerprint density at radius 2 is 1.48 bits per heavy atom. The first kappa shape index (κ1) is 16.9. The Labute approximate surface area is 134 Å². The Bertz CT molecular complexity index is 832. The van der Waals surface area contributed by atoms with E-state index in [0.29, 0.717) is 5.56 Å². The molecule has 0 unspecified atom stereocenters. The minimum Gasteiger partial charge on any atom is -0.267 e. The second-order valence-corrected chi connectivity index (χ2v) is 6.49. The standard InChI is InChI=1S/C16H16N2O4S/c1-12-8-6-7-11-14(12)16(20)18(23(21,22)17-2)15(19)13-9-4-3-5-10-13/h3-11,17H,1-2H3. The molecule has 0 aliphatic rings. The quantitative estimate of drug-likeness (QED) is 0.865. The Morgan fingerprint density at radius 1 is 0.913 bits per heavy atom. The lowest BCUT2D eigenvalue weighted by Gasteiger charge is -2.20. The van der Waals surface area contributed by atoms with Crippen LogP contribution in [0.2, 0.25) is 0 Å². The van der Waals surface area contributed by atoms with Gasteiger partial charge in [-0.25, -0.2) is 4.72 Å². The third kappa shape index (κ3) is 3.46. The molecule has 6 nitrogen and oxygen atoms in total. The van der Waals surface area contributed by atoms with Gasteiger partial charge < -0.3 is 0 Å². The fraction of sp³-hybridized carbons (Fsp3) is 0.125. The molecular weight excluding hydrogens is 316 g/mol. The van der Waals surface area contributed by atoms with E-state index in [0.717, 1.165) is 7.05 Å². The predicted molar refractivity (Wildman–Crippen MR) is 86.1 cm³/mol. The van der Waals surface area contributed by atoms with Crippen molar-refractivity contribution in [2.24, 2.45) is 0 Å². The number of hydrogen-bond acceptors (Lipinski definition) is 4. The van der Waals surface area contributed by atoms with Crippen molar-refractivity contribution in [1.82, 2.24) is 9.03 Å². The summed E-state index contributed by atoms with van der Waals surface area (Å²) in [6.07, 6.45) is 0. The van der Waals surface area contributed by atoms with E-state index in [1.807, 2.05) is 4.72 Å². The zero-order chi connectivity index (χ0) is 17.0. The van der Waals surface area contributed by atoms with E-state index in [-0.39, 0.29) is 15.4 Å². The number of benzene rings is 2. The van der Waals surface area contributed by atoms with Crippen LogP contribution < -0.4 is 4.72 Å². The van der Waals surface area contributed by atoms with E-state index in [1.54, 1.807) is 43.3 Å². The smallest absolute Gasteiger partial charge is 0.267 e. The number of rotatable bonds is 4. The fourth-order valence-electron chi connectivity index (χ4n) is 2.02. The highest BCUT2D eigenvalue weighted by molar-refractivity contribution is 7.88. The van der Waals surface area contributed by atoms with Crippen LogP contribution in [0, 0.1) is 6.92 Å². The molecule has 0 radical (unpaired) electrons.